The van der Waals surface area contributed by atoms with E-state index in [2.05, 4.69) is 18.0 Å². The van der Waals surface area contributed by atoms with Gasteiger partial charge in [-0.15, -0.1) is 0 Å². The van der Waals surface area contributed by atoms with Gasteiger partial charge in [0, 0.05) is 37.6 Å². The summed E-state index contributed by atoms with van der Waals surface area (Å²) in [4.78, 5) is 4.33. The van der Waals surface area contributed by atoms with Gasteiger partial charge in [0.1, 0.15) is 0 Å². The van der Waals surface area contributed by atoms with Crippen LogP contribution in [0.4, 0.5) is 0 Å². The van der Waals surface area contributed by atoms with Crippen LogP contribution < -0.4 is 5.73 Å². The number of aromatic nitrogens is 1. The zero-order valence-corrected chi connectivity index (χ0v) is 9.57. The van der Waals surface area contributed by atoms with Crippen LogP contribution in [0.3, 0.4) is 0 Å². The number of hydrogen-bond donors (Lipinski definition) is 1. The molecule has 15 heavy (non-hydrogen) atoms. The molecule has 0 aromatic carbocycles. The fourth-order valence-corrected chi connectivity index (χ4v) is 1.46. The molecule has 1 unspecified atom stereocenters. The van der Waals surface area contributed by atoms with Gasteiger partial charge in [-0.1, -0.05) is 6.07 Å². The highest BCUT2D eigenvalue weighted by atomic mass is 16.5. The second-order valence-electron chi connectivity index (χ2n) is 3.72. The minimum absolute atomic E-state index is 0.144. The average molecular weight is 208 g/mol. The molecule has 0 amide bonds. The van der Waals surface area contributed by atoms with Gasteiger partial charge < -0.3 is 10.5 Å². The minimum Gasteiger partial charge on any atom is -0.382 e. The summed E-state index contributed by atoms with van der Waals surface area (Å²) in [5, 5.41) is 0. The molecule has 0 aliphatic heterocycles. The second-order valence-corrected chi connectivity index (χ2v) is 3.72. The molecule has 84 valence electrons. The van der Waals surface area contributed by atoms with E-state index in [9.17, 15) is 0 Å². The van der Waals surface area contributed by atoms with Gasteiger partial charge in [-0.25, -0.2) is 0 Å². The topological polar surface area (TPSA) is 48.1 Å². The fraction of sp³-hybridized carbons (Fsp3) is 0.583. The minimum atomic E-state index is 0.144. The van der Waals surface area contributed by atoms with Crippen LogP contribution in [0.1, 0.15) is 24.6 Å². The molecule has 0 spiro atoms. The van der Waals surface area contributed by atoms with E-state index in [4.69, 9.17) is 10.5 Å². The standard InChI is InChI=1S/C12H20N2O/c1-3-15-8-6-11(13)9-12-10(2)5-4-7-14-12/h4-5,7,11H,3,6,8-9,13H2,1-2H3. The highest BCUT2D eigenvalue weighted by Crippen LogP contribution is 2.07. The highest BCUT2D eigenvalue weighted by Gasteiger charge is 2.06. The first kappa shape index (κ1) is 12.1. The first-order valence-corrected chi connectivity index (χ1v) is 5.47. The smallest absolute Gasteiger partial charge is 0.0480 e. The Morgan fingerprint density at radius 3 is 3.00 bits per heavy atom. The monoisotopic (exact) mass is 208 g/mol. The van der Waals surface area contributed by atoms with Crippen molar-refractivity contribution in [2.75, 3.05) is 13.2 Å². The van der Waals surface area contributed by atoms with E-state index in [1.54, 1.807) is 0 Å². The lowest BCUT2D eigenvalue weighted by Gasteiger charge is -2.12. The number of pyridine rings is 1. The van der Waals surface area contributed by atoms with E-state index in [0.29, 0.717) is 0 Å². The molecule has 2 N–H and O–H groups in total. The van der Waals surface area contributed by atoms with Crippen LogP contribution in [0, 0.1) is 6.92 Å². The van der Waals surface area contributed by atoms with Crippen molar-refractivity contribution in [2.45, 2.75) is 32.7 Å². The zero-order valence-electron chi connectivity index (χ0n) is 9.57. The van der Waals surface area contributed by atoms with Crippen molar-refractivity contribution in [3.05, 3.63) is 29.6 Å². The Hall–Kier alpha value is -0.930. The summed E-state index contributed by atoms with van der Waals surface area (Å²) in [5.41, 5.74) is 8.31. The van der Waals surface area contributed by atoms with Crippen molar-refractivity contribution < 1.29 is 4.74 Å². The number of nitrogens with zero attached hydrogens (tertiary/aromatic N) is 1. The molecule has 0 radical (unpaired) electrons. The zero-order chi connectivity index (χ0) is 11.1. The lowest BCUT2D eigenvalue weighted by molar-refractivity contribution is 0.140. The molecular formula is C12H20N2O. The molecule has 1 heterocycles. The van der Waals surface area contributed by atoms with E-state index in [0.717, 1.165) is 31.7 Å². The van der Waals surface area contributed by atoms with Crippen LogP contribution in [0.5, 0.6) is 0 Å². The molecule has 3 nitrogen and oxygen atoms in total. The summed E-state index contributed by atoms with van der Waals surface area (Å²) in [7, 11) is 0. The molecule has 0 aliphatic carbocycles. The number of nitrogens with two attached hydrogens (primary N) is 1. The van der Waals surface area contributed by atoms with Crippen LogP contribution >= 0.6 is 0 Å². The summed E-state index contributed by atoms with van der Waals surface area (Å²) >= 11 is 0. The van der Waals surface area contributed by atoms with Crippen molar-refractivity contribution >= 4 is 0 Å². The van der Waals surface area contributed by atoms with Gasteiger partial charge in [0.25, 0.3) is 0 Å². The van der Waals surface area contributed by atoms with Crippen molar-refractivity contribution in [3.8, 4) is 0 Å². The largest absolute Gasteiger partial charge is 0.382 e. The van der Waals surface area contributed by atoms with E-state index in [1.807, 2.05) is 19.2 Å². The van der Waals surface area contributed by atoms with Crippen LogP contribution in [-0.4, -0.2) is 24.2 Å². The molecule has 0 saturated carbocycles. The molecule has 1 rings (SSSR count). The van der Waals surface area contributed by atoms with E-state index < -0.39 is 0 Å². The highest BCUT2D eigenvalue weighted by molar-refractivity contribution is 5.18. The molecule has 1 aromatic heterocycles. The van der Waals surface area contributed by atoms with Gasteiger partial charge >= 0.3 is 0 Å². The summed E-state index contributed by atoms with van der Waals surface area (Å²) in [6, 6.07) is 4.16. The van der Waals surface area contributed by atoms with Gasteiger partial charge in [-0.2, -0.15) is 0 Å². The second kappa shape index (κ2) is 6.53. The Morgan fingerprint density at radius 2 is 2.33 bits per heavy atom. The number of ether oxygens (including phenoxy) is 1. The van der Waals surface area contributed by atoms with Crippen LogP contribution in [-0.2, 0) is 11.2 Å². The Morgan fingerprint density at radius 1 is 1.53 bits per heavy atom. The first-order valence-electron chi connectivity index (χ1n) is 5.47. The summed E-state index contributed by atoms with van der Waals surface area (Å²) in [6.45, 7) is 5.56. The van der Waals surface area contributed by atoms with Gasteiger partial charge in [0.2, 0.25) is 0 Å². The van der Waals surface area contributed by atoms with Gasteiger partial charge in [-0.3, -0.25) is 4.98 Å². The maximum atomic E-state index is 6.00. The predicted octanol–water partition coefficient (Wildman–Crippen LogP) is 1.69. The molecular weight excluding hydrogens is 188 g/mol. The normalized spacial score (nSPS) is 12.7. The van der Waals surface area contributed by atoms with E-state index in [-0.39, 0.29) is 6.04 Å². The maximum Gasteiger partial charge on any atom is 0.0480 e. The molecule has 0 aliphatic rings. The Balaban J connectivity index is 2.37. The van der Waals surface area contributed by atoms with Crippen LogP contribution in [0.15, 0.2) is 18.3 Å². The first-order chi connectivity index (χ1) is 7.24. The summed E-state index contributed by atoms with van der Waals surface area (Å²) < 4.78 is 5.27. The quantitative estimate of drug-likeness (QED) is 0.724. The maximum absolute atomic E-state index is 6.00. The third kappa shape index (κ3) is 4.40. The Kier molecular flexibility index (Phi) is 5.29. The lowest BCUT2D eigenvalue weighted by Crippen LogP contribution is -2.25. The Bertz CT molecular complexity index is 289. The summed E-state index contributed by atoms with van der Waals surface area (Å²) in [5.74, 6) is 0. The van der Waals surface area contributed by atoms with E-state index in [1.165, 1.54) is 5.56 Å². The van der Waals surface area contributed by atoms with E-state index >= 15 is 0 Å². The van der Waals surface area contributed by atoms with Crippen LogP contribution in [0.25, 0.3) is 0 Å². The lowest BCUT2D eigenvalue weighted by atomic mass is 10.1. The summed E-state index contributed by atoms with van der Waals surface area (Å²) in [6.07, 6.45) is 3.54. The predicted molar refractivity (Wildman–Crippen MR) is 61.8 cm³/mol. The third-order valence-corrected chi connectivity index (χ3v) is 2.41. The number of aryl methyl sites for hydroxylation is 1. The molecule has 1 aromatic rings. The average Bonchev–Trinajstić information content (AvgIpc) is 2.22. The molecule has 1 atom stereocenters. The van der Waals surface area contributed by atoms with Crippen molar-refractivity contribution in [3.63, 3.8) is 0 Å². The number of rotatable bonds is 6. The third-order valence-electron chi connectivity index (χ3n) is 2.41. The Labute approximate surface area is 91.7 Å². The van der Waals surface area contributed by atoms with Gasteiger partial charge in [0.15, 0.2) is 0 Å². The van der Waals surface area contributed by atoms with Crippen molar-refractivity contribution in [2.24, 2.45) is 5.73 Å². The molecule has 0 fully saturated rings. The van der Waals surface area contributed by atoms with Gasteiger partial charge in [-0.05, 0) is 31.9 Å². The van der Waals surface area contributed by atoms with Gasteiger partial charge in [0.05, 0.1) is 0 Å². The molecule has 0 bridgehead atoms. The molecule has 3 heteroatoms. The molecule has 0 saturated heterocycles. The van der Waals surface area contributed by atoms with Crippen LogP contribution in [0.2, 0.25) is 0 Å². The van der Waals surface area contributed by atoms with Crippen molar-refractivity contribution in [1.82, 2.24) is 4.98 Å². The van der Waals surface area contributed by atoms with Crippen molar-refractivity contribution in [1.29, 1.82) is 0 Å². The fourth-order valence-electron chi connectivity index (χ4n) is 1.46. The SMILES string of the molecule is CCOCCC(N)Cc1ncccc1C. The number of hydrogen-bond acceptors (Lipinski definition) is 3.